The molecule has 0 unspecified atom stereocenters. The van der Waals surface area contributed by atoms with Crippen molar-refractivity contribution >= 4 is 146 Å². The highest BCUT2D eigenvalue weighted by molar-refractivity contribution is 7.26. The molecule has 0 aliphatic carbocycles. The van der Waals surface area contributed by atoms with Gasteiger partial charge in [-0.15, -0.1) is 34.0 Å². The molecule has 72 heavy (non-hydrogen) atoms. The zero-order valence-electron chi connectivity index (χ0n) is 38.9. The van der Waals surface area contributed by atoms with Crippen LogP contribution in [0.3, 0.4) is 0 Å². The highest BCUT2D eigenvalue weighted by Crippen LogP contribution is 2.47. The molecular formula is C66H43N3S3. The molecule has 14 aromatic rings. The molecule has 3 heterocycles. The van der Waals surface area contributed by atoms with E-state index in [0.717, 1.165) is 51.2 Å². The summed E-state index contributed by atoms with van der Waals surface area (Å²) in [6.45, 7) is 0. The van der Waals surface area contributed by atoms with Gasteiger partial charge in [0.2, 0.25) is 0 Å². The van der Waals surface area contributed by atoms with E-state index in [2.05, 4.69) is 276 Å². The number of rotatable bonds is 10. The molecule has 0 fully saturated rings. The molecule has 0 saturated heterocycles. The van der Waals surface area contributed by atoms with Crippen LogP contribution in [0.2, 0.25) is 0 Å². The van der Waals surface area contributed by atoms with Gasteiger partial charge < -0.3 is 14.7 Å². The number of anilines is 9. The Hall–Kier alpha value is -8.52. The Kier molecular flexibility index (Phi) is 10.4. The quantitative estimate of drug-likeness (QED) is 0.135. The van der Waals surface area contributed by atoms with Gasteiger partial charge in [0.1, 0.15) is 0 Å². The molecule has 3 aromatic heterocycles. The summed E-state index contributed by atoms with van der Waals surface area (Å²) >= 11 is 5.57. The van der Waals surface area contributed by atoms with Crippen molar-refractivity contribution in [3.8, 4) is 11.1 Å². The van der Waals surface area contributed by atoms with E-state index in [1.807, 2.05) is 34.0 Å². The van der Waals surface area contributed by atoms with Crippen molar-refractivity contribution in [3.05, 3.63) is 261 Å². The van der Waals surface area contributed by atoms with Crippen LogP contribution in [0.5, 0.6) is 0 Å². The second-order valence-corrected chi connectivity index (χ2v) is 21.4. The summed E-state index contributed by atoms with van der Waals surface area (Å²) in [6.07, 6.45) is 0. The molecule has 0 bridgehead atoms. The maximum atomic E-state index is 2.43. The fourth-order valence-corrected chi connectivity index (χ4v) is 13.8. The summed E-state index contributed by atoms with van der Waals surface area (Å²) in [5.74, 6) is 0. The zero-order valence-corrected chi connectivity index (χ0v) is 41.3. The number of benzene rings is 11. The van der Waals surface area contributed by atoms with Crippen LogP contribution in [0.25, 0.3) is 71.6 Å². The van der Waals surface area contributed by atoms with Gasteiger partial charge in [-0.1, -0.05) is 133 Å². The number of hydrogen-bond donors (Lipinski definition) is 0. The van der Waals surface area contributed by atoms with E-state index in [9.17, 15) is 0 Å². The first kappa shape index (κ1) is 42.4. The van der Waals surface area contributed by atoms with Crippen LogP contribution in [-0.2, 0) is 0 Å². The minimum absolute atomic E-state index is 1.08. The third kappa shape index (κ3) is 7.47. The number of thiophene rings is 3. The maximum absolute atomic E-state index is 2.43. The molecule has 0 aliphatic rings. The number of fused-ring (bicyclic) bond motifs is 9. The van der Waals surface area contributed by atoms with E-state index < -0.39 is 0 Å². The fraction of sp³-hybridized carbons (Fsp3) is 0. The minimum atomic E-state index is 1.08. The Labute approximate surface area is 429 Å². The lowest BCUT2D eigenvalue weighted by molar-refractivity contribution is 1.26. The minimum Gasteiger partial charge on any atom is -0.310 e. The second kappa shape index (κ2) is 17.7. The molecule has 0 spiro atoms. The predicted octanol–water partition coefficient (Wildman–Crippen LogP) is 20.9. The molecular weight excluding hydrogens is 931 g/mol. The second-order valence-electron chi connectivity index (χ2n) is 18.1. The van der Waals surface area contributed by atoms with E-state index in [0.29, 0.717) is 0 Å². The lowest BCUT2D eigenvalue weighted by atomic mass is 10.0. The van der Waals surface area contributed by atoms with E-state index in [1.165, 1.54) is 71.6 Å². The Morgan fingerprint density at radius 1 is 0.181 bits per heavy atom. The monoisotopic (exact) mass is 973 g/mol. The van der Waals surface area contributed by atoms with Crippen molar-refractivity contribution in [3.63, 3.8) is 0 Å². The molecule has 0 saturated carbocycles. The third-order valence-corrected chi connectivity index (χ3v) is 17.2. The summed E-state index contributed by atoms with van der Waals surface area (Å²) in [5, 5.41) is 7.67. The van der Waals surface area contributed by atoms with Gasteiger partial charge in [-0.2, -0.15) is 0 Å². The first-order valence-electron chi connectivity index (χ1n) is 24.2. The number of nitrogens with zero attached hydrogens (tertiary/aromatic N) is 3. The van der Waals surface area contributed by atoms with Crippen molar-refractivity contribution in [2.45, 2.75) is 0 Å². The van der Waals surface area contributed by atoms with E-state index in [-0.39, 0.29) is 0 Å². The van der Waals surface area contributed by atoms with Gasteiger partial charge in [-0.05, 0) is 139 Å². The van der Waals surface area contributed by atoms with Crippen LogP contribution in [0.1, 0.15) is 0 Å². The van der Waals surface area contributed by atoms with Gasteiger partial charge in [0.15, 0.2) is 0 Å². The molecule has 0 amide bonds. The predicted molar refractivity (Wildman–Crippen MR) is 315 cm³/mol. The molecule has 6 heteroatoms. The van der Waals surface area contributed by atoms with Crippen molar-refractivity contribution in [2.24, 2.45) is 0 Å². The molecule has 0 N–H and O–H groups in total. The van der Waals surface area contributed by atoms with Crippen molar-refractivity contribution < 1.29 is 0 Å². The summed E-state index contributed by atoms with van der Waals surface area (Å²) in [6, 6.07) is 95.4. The molecule has 0 aliphatic heterocycles. The van der Waals surface area contributed by atoms with Crippen LogP contribution >= 0.6 is 34.0 Å². The lowest BCUT2D eigenvalue weighted by Crippen LogP contribution is -2.12. The Bertz CT molecular complexity index is 4250. The van der Waals surface area contributed by atoms with Gasteiger partial charge in [0.05, 0.1) is 0 Å². The smallest absolute Gasteiger partial charge is 0.0476 e. The van der Waals surface area contributed by atoms with Crippen molar-refractivity contribution in [1.82, 2.24) is 0 Å². The molecule has 0 atom stereocenters. The van der Waals surface area contributed by atoms with E-state index >= 15 is 0 Å². The first-order valence-corrected chi connectivity index (χ1v) is 26.7. The SMILES string of the molecule is c1ccc(-c2cccc(N(c3ccc(N(c4ccc5c(c4)sc4cc(N(c6ccccc6)c6ccccc6)ccc45)c4ccc5sc6ccccc6c5c4)cc3)c3ccc4c(c3)sc3ccccc34)c2)cc1. The van der Waals surface area contributed by atoms with Crippen LogP contribution in [0, 0.1) is 0 Å². The molecule has 3 nitrogen and oxygen atoms in total. The highest BCUT2D eigenvalue weighted by atomic mass is 32.1. The Morgan fingerprint density at radius 3 is 1.04 bits per heavy atom. The third-order valence-electron chi connectivity index (χ3n) is 13.8. The zero-order chi connectivity index (χ0) is 47.5. The highest BCUT2D eigenvalue weighted by Gasteiger charge is 2.21. The first-order chi connectivity index (χ1) is 35.7. The van der Waals surface area contributed by atoms with Crippen molar-refractivity contribution in [2.75, 3.05) is 14.7 Å². The topological polar surface area (TPSA) is 9.72 Å². The van der Waals surface area contributed by atoms with Crippen LogP contribution < -0.4 is 14.7 Å². The summed E-state index contributed by atoms with van der Waals surface area (Å²) in [4.78, 5) is 7.18. The largest absolute Gasteiger partial charge is 0.310 e. The summed E-state index contributed by atoms with van der Waals surface area (Å²) in [7, 11) is 0. The normalized spacial score (nSPS) is 11.6. The van der Waals surface area contributed by atoms with Gasteiger partial charge in [-0.25, -0.2) is 0 Å². The maximum Gasteiger partial charge on any atom is 0.0476 e. The van der Waals surface area contributed by atoms with Gasteiger partial charge in [0, 0.05) is 112 Å². The molecule has 11 aromatic carbocycles. The average molecular weight is 974 g/mol. The van der Waals surface area contributed by atoms with E-state index in [1.54, 1.807) is 0 Å². The standard InChI is InChI=1S/C66H43N3S3/c1-4-15-44(16-5-1)45-17-14-22-50(39-45)68(53-32-35-57-55-23-10-12-25-61(55)71-64(57)42-53)48-27-29-49(30-28-48)69(51-34-38-63-60(40-51)56-24-11-13-26-62(56)70-63)54-33-37-59-58-36-31-52(41-65(58)72-66(59)43-54)67(46-18-6-2-7-19-46)47-20-8-3-9-21-47/h1-43H. The summed E-state index contributed by atoms with van der Waals surface area (Å²) < 4.78 is 7.66. The summed E-state index contributed by atoms with van der Waals surface area (Å²) in [5.41, 5.74) is 12.4. The number of hydrogen-bond acceptors (Lipinski definition) is 6. The lowest BCUT2D eigenvalue weighted by Gasteiger charge is -2.29. The van der Waals surface area contributed by atoms with Gasteiger partial charge >= 0.3 is 0 Å². The van der Waals surface area contributed by atoms with Crippen LogP contribution in [-0.4, -0.2) is 0 Å². The molecule has 0 radical (unpaired) electrons. The van der Waals surface area contributed by atoms with Gasteiger partial charge in [0.25, 0.3) is 0 Å². The average Bonchev–Trinajstić information content (AvgIpc) is 4.13. The van der Waals surface area contributed by atoms with Crippen LogP contribution in [0.15, 0.2) is 261 Å². The molecule has 14 rings (SSSR count). The fourth-order valence-electron chi connectivity index (χ4n) is 10.4. The van der Waals surface area contributed by atoms with Crippen LogP contribution in [0.4, 0.5) is 51.2 Å². The Morgan fingerprint density at radius 2 is 0.500 bits per heavy atom. The van der Waals surface area contributed by atoms with Crippen molar-refractivity contribution in [1.29, 1.82) is 0 Å². The van der Waals surface area contributed by atoms with Gasteiger partial charge in [-0.3, -0.25) is 0 Å². The molecule has 340 valence electrons. The van der Waals surface area contributed by atoms with E-state index in [4.69, 9.17) is 0 Å². The number of para-hydroxylation sites is 2. The Balaban J connectivity index is 0.903.